The molecule has 0 heterocycles. The maximum absolute atomic E-state index is 11.7. The molecule has 0 spiro atoms. The van der Waals surface area contributed by atoms with Crippen LogP contribution in [0.5, 0.6) is 0 Å². The number of sulfone groups is 1. The Kier molecular flexibility index (Phi) is 2.92. The molecule has 74 valence electrons. The highest BCUT2D eigenvalue weighted by atomic mass is 32.2. The first-order valence-corrected chi connectivity index (χ1v) is 5.74. The summed E-state index contributed by atoms with van der Waals surface area (Å²) >= 11 is 0. The molecular weight excluding hydrogens is 198 g/mol. The maximum atomic E-state index is 11.7. The van der Waals surface area contributed by atoms with E-state index in [0.29, 0.717) is 5.69 Å². The van der Waals surface area contributed by atoms with Crippen LogP contribution in [0.2, 0.25) is 0 Å². The molecule has 0 unspecified atom stereocenters. The van der Waals surface area contributed by atoms with Crippen LogP contribution in [-0.4, -0.2) is 13.7 Å². The minimum Gasteiger partial charge on any atom is -0.238 e. The fraction of sp³-hybridized carbons (Fsp3) is 0.300. The van der Waals surface area contributed by atoms with Crippen LogP contribution in [0.3, 0.4) is 0 Å². The predicted octanol–water partition coefficient (Wildman–Crippen LogP) is 2.42. The smallest absolute Gasteiger partial charge is 0.188 e. The third-order valence-electron chi connectivity index (χ3n) is 1.90. The van der Waals surface area contributed by atoms with Gasteiger partial charge < -0.3 is 0 Å². The molecule has 1 aromatic rings. The van der Waals surface area contributed by atoms with E-state index in [0.717, 1.165) is 0 Å². The average molecular weight is 209 g/mol. The Morgan fingerprint density at radius 1 is 1.36 bits per heavy atom. The Morgan fingerprint density at radius 3 is 2.50 bits per heavy atom. The summed E-state index contributed by atoms with van der Waals surface area (Å²) in [6, 6.07) is 6.10. The SMILES string of the molecule is [C-]#[N+]c1cccc(S(=O)(=O)C(C)C)c1. The van der Waals surface area contributed by atoms with Crippen LogP contribution in [0.1, 0.15) is 13.8 Å². The van der Waals surface area contributed by atoms with Gasteiger partial charge in [-0.1, -0.05) is 12.1 Å². The van der Waals surface area contributed by atoms with Gasteiger partial charge in [0.25, 0.3) is 0 Å². The first-order valence-electron chi connectivity index (χ1n) is 4.20. The zero-order valence-electron chi connectivity index (χ0n) is 8.06. The summed E-state index contributed by atoms with van der Waals surface area (Å²) in [5.74, 6) is 0. The molecule has 0 saturated heterocycles. The number of hydrogen-bond acceptors (Lipinski definition) is 2. The van der Waals surface area contributed by atoms with Gasteiger partial charge in [0, 0.05) is 0 Å². The Balaban J connectivity index is 3.29. The van der Waals surface area contributed by atoms with Gasteiger partial charge in [0.2, 0.25) is 0 Å². The standard InChI is InChI=1S/C10H11NO2S/c1-8(2)14(12,13)10-6-4-5-9(7-10)11-3/h4-8H,1-2H3. The van der Waals surface area contributed by atoms with Gasteiger partial charge in [-0.2, -0.15) is 0 Å². The summed E-state index contributed by atoms with van der Waals surface area (Å²) in [6.07, 6.45) is 0. The molecular formula is C10H11NO2S. The molecule has 0 aliphatic rings. The van der Waals surface area contributed by atoms with Gasteiger partial charge in [-0.05, 0) is 26.0 Å². The quantitative estimate of drug-likeness (QED) is 0.701. The van der Waals surface area contributed by atoms with Crippen molar-refractivity contribution in [1.82, 2.24) is 0 Å². The van der Waals surface area contributed by atoms with Crippen LogP contribution < -0.4 is 0 Å². The van der Waals surface area contributed by atoms with Gasteiger partial charge in [0.15, 0.2) is 15.5 Å². The Hall–Kier alpha value is -1.34. The van der Waals surface area contributed by atoms with Gasteiger partial charge in [0.1, 0.15) is 0 Å². The first-order chi connectivity index (χ1) is 6.48. The second-order valence-corrected chi connectivity index (χ2v) is 5.71. The monoisotopic (exact) mass is 209 g/mol. The van der Waals surface area contributed by atoms with Crippen LogP contribution in [-0.2, 0) is 9.84 Å². The summed E-state index contributed by atoms with van der Waals surface area (Å²) in [7, 11) is -3.25. The zero-order chi connectivity index (χ0) is 10.8. The van der Waals surface area contributed by atoms with Crippen molar-refractivity contribution in [2.75, 3.05) is 0 Å². The summed E-state index contributed by atoms with van der Waals surface area (Å²) in [5.41, 5.74) is 0.353. The highest BCUT2D eigenvalue weighted by molar-refractivity contribution is 7.92. The summed E-state index contributed by atoms with van der Waals surface area (Å²) in [5, 5.41) is -0.455. The highest BCUT2D eigenvalue weighted by Gasteiger charge is 2.18. The molecule has 3 nitrogen and oxygen atoms in total. The Bertz CT molecular complexity index is 469. The number of benzene rings is 1. The highest BCUT2D eigenvalue weighted by Crippen LogP contribution is 2.21. The van der Waals surface area contributed by atoms with E-state index in [4.69, 9.17) is 6.57 Å². The van der Waals surface area contributed by atoms with Gasteiger partial charge in [-0.25, -0.2) is 13.3 Å². The molecule has 0 bridgehead atoms. The fourth-order valence-electron chi connectivity index (χ4n) is 1.00. The van der Waals surface area contributed by atoms with Crippen LogP contribution in [0.4, 0.5) is 5.69 Å². The molecule has 0 N–H and O–H groups in total. The molecule has 1 aromatic carbocycles. The van der Waals surface area contributed by atoms with Crippen molar-refractivity contribution in [3.05, 3.63) is 35.7 Å². The van der Waals surface area contributed by atoms with Crippen molar-refractivity contribution in [2.24, 2.45) is 0 Å². The number of rotatable bonds is 2. The van der Waals surface area contributed by atoms with Crippen LogP contribution in [0, 0.1) is 6.57 Å². The number of hydrogen-bond donors (Lipinski definition) is 0. The van der Waals surface area contributed by atoms with Crippen molar-refractivity contribution in [3.8, 4) is 0 Å². The zero-order valence-corrected chi connectivity index (χ0v) is 8.88. The van der Waals surface area contributed by atoms with Gasteiger partial charge in [-0.15, -0.1) is 0 Å². The molecule has 14 heavy (non-hydrogen) atoms. The minimum atomic E-state index is -3.25. The van der Waals surface area contributed by atoms with Crippen LogP contribution >= 0.6 is 0 Å². The van der Waals surface area contributed by atoms with E-state index in [1.165, 1.54) is 12.1 Å². The predicted molar refractivity (Wildman–Crippen MR) is 55.0 cm³/mol. The maximum Gasteiger partial charge on any atom is 0.188 e. The third-order valence-corrected chi connectivity index (χ3v) is 4.05. The molecule has 0 atom stereocenters. The lowest BCUT2D eigenvalue weighted by Crippen LogP contribution is -2.13. The minimum absolute atomic E-state index is 0.223. The van der Waals surface area contributed by atoms with E-state index in [1.54, 1.807) is 26.0 Å². The summed E-state index contributed by atoms with van der Waals surface area (Å²) in [4.78, 5) is 3.41. The van der Waals surface area contributed by atoms with Crippen molar-refractivity contribution in [1.29, 1.82) is 0 Å². The van der Waals surface area contributed by atoms with E-state index >= 15 is 0 Å². The van der Waals surface area contributed by atoms with Crippen LogP contribution in [0.25, 0.3) is 4.85 Å². The van der Waals surface area contributed by atoms with E-state index in [1.807, 2.05) is 0 Å². The molecule has 0 aliphatic heterocycles. The largest absolute Gasteiger partial charge is 0.238 e. The van der Waals surface area contributed by atoms with Gasteiger partial charge in [0.05, 0.1) is 16.7 Å². The molecule has 4 heteroatoms. The molecule has 0 fully saturated rings. The van der Waals surface area contributed by atoms with Crippen molar-refractivity contribution in [2.45, 2.75) is 24.0 Å². The van der Waals surface area contributed by atoms with Crippen LogP contribution in [0.15, 0.2) is 29.2 Å². The second kappa shape index (κ2) is 3.81. The fourth-order valence-corrected chi connectivity index (χ4v) is 2.10. The molecule has 0 aliphatic carbocycles. The Morgan fingerprint density at radius 2 is 2.00 bits per heavy atom. The van der Waals surface area contributed by atoms with Gasteiger partial charge in [-0.3, -0.25) is 0 Å². The molecule has 0 aromatic heterocycles. The van der Waals surface area contributed by atoms with Crippen molar-refractivity contribution in [3.63, 3.8) is 0 Å². The third kappa shape index (κ3) is 1.94. The summed E-state index contributed by atoms with van der Waals surface area (Å²) < 4.78 is 23.4. The lowest BCUT2D eigenvalue weighted by atomic mass is 10.3. The van der Waals surface area contributed by atoms with Crippen molar-refractivity contribution >= 4 is 15.5 Å². The number of nitrogens with zero attached hydrogens (tertiary/aromatic N) is 1. The molecule has 0 radical (unpaired) electrons. The lowest BCUT2D eigenvalue weighted by Gasteiger charge is -2.07. The van der Waals surface area contributed by atoms with E-state index in [2.05, 4.69) is 4.85 Å². The van der Waals surface area contributed by atoms with E-state index < -0.39 is 15.1 Å². The molecule has 0 amide bonds. The normalized spacial score (nSPS) is 11.3. The lowest BCUT2D eigenvalue weighted by molar-refractivity contribution is 0.587. The topological polar surface area (TPSA) is 38.5 Å². The molecule has 0 saturated carbocycles. The second-order valence-electron chi connectivity index (χ2n) is 3.20. The van der Waals surface area contributed by atoms with Gasteiger partial charge >= 0.3 is 0 Å². The van der Waals surface area contributed by atoms with Crippen molar-refractivity contribution < 1.29 is 8.42 Å². The van der Waals surface area contributed by atoms with E-state index in [9.17, 15) is 8.42 Å². The average Bonchev–Trinajstić information content (AvgIpc) is 2.17. The summed E-state index contributed by atoms with van der Waals surface area (Å²) in [6.45, 7) is 10.0. The van der Waals surface area contributed by atoms with E-state index in [-0.39, 0.29) is 4.90 Å². The molecule has 1 rings (SSSR count). The first kappa shape index (κ1) is 10.7. The Labute approximate surface area is 84.1 Å².